The molecule has 1 aliphatic heterocycles. The zero-order chi connectivity index (χ0) is 13.8. The normalized spacial score (nSPS) is 24.2. The maximum Gasteiger partial charge on any atom is 0.225 e. The monoisotopic (exact) mass is 263 g/mol. The summed E-state index contributed by atoms with van der Waals surface area (Å²) in [5.74, 6) is -0.124. The molecule has 4 heteroatoms. The number of rotatable bonds is 4. The van der Waals surface area contributed by atoms with Crippen molar-refractivity contribution in [1.29, 1.82) is 0 Å². The molecule has 1 aromatic rings. The minimum Gasteiger partial charge on any atom is -0.387 e. The van der Waals surface area contributed by atoms with Gasteiger partial charge in [-0.05, 0) is 25.8 Å². The quantitative estimate of drug-likeness (QED) is 0.867. The van der Waals surface area contributed by atoms with Crippen LogP contribution in [0, 0.1) is 12.8 Å². The fourth-order valence-corrected chi connectivity index (χ4v) is 2.40. The Morgan fingerprint density at radius 1 is 1.58 bits per heavy atom. The highest BCUT2D eigenvalue weighted by molar-refractivity contribution is 5.79. The molecule has 2 rings (SSSR count). The van der Waals surface area contributed by atoms with Gasteiger partial charge in [0.05, 0.1) is 18.1 Å². The Bertz CT molecular complexity index is 447. The van der Waals surface area contributed by atoms with Gasteiger partial charge in [-0.15, -0.1) is 0 Å². The number of nitrogens with one attached hydrogen (secondary N) is 1. The predicted molar refractivity (Wildman–Crippen MR) is 72.7 cm³/mol. The van der Waals surface area contributed by atoms with E-state index in [1.54, 1.807) is 0 Å². The summed E-state index contributed by atoms with van der Waals surface area (Å²) in [5.41, 5.74) is 1.93. The van der Waals surface area contributed by atoms with Gasteiger partial charge < -0.3 is 15.2 Å². The second-order valence-electron chi connectivity index (χ2n) is 5.15. The molecule has 0 aliphatic carbocycles. The lowest BCUT2D eigenvalue weighted by atomic mass is 10.0. The van der Waals surface area contributed by atoms with Gasteiger partial charge in [0.2, 0.25) is 5.91 Å². The molecule has 104 valence electrons. The molecule has 1 aliphatic rings. The third kappa shape index (κ3) is 3.55. The van der Waals surface area contributed by atoms with E-state index in [9.17, 15) is 9.90 Å². The van der Waals surface area contributed by atoms with Crippen molar-refractivity contribution in [1.82, 2.24) is 5.32 Å². The van der Waals surface area contributed by atoms with Crippen LogP contribution in [0.3, 0.4) is 0 Å². The first kappa shape index (κ1) is 14.0. The molecular weight excluding hydrogens is 242 g/mol. The lowest BCUT2D eigenvalue weighted by molar-refractivity contribution is -0.126. The Balaban J connectivity index is 1.86. The van der Waals surface area contributed by atoms with Crippen LogP contribution in [0.2, 0.25) is 0 Å². The van der Waals surface area contributed by atoms with Crippen LogP contribution in [0.25, 0.3) is 0 Å². The Morgan fingerprint density at radius 2 is 2.37 bits per heavy atom. The molecule has 3 unspecified atom stereocenters. The second-order valence-corrected chi connectivity index (χ2v) is 5.15. The molecule has 19 heavy (non-hydrogen) atoms. The Labute approximate surface area is 113 Å². The molecule has 1 amide bonds. The lowest BCUT2D eigenvalue weighted by Gasteiger charge is -2.17. The SMILES string of the molecule is Cc1cccc(C(O)CNC(=O)C2CCOC2C)c1. The van der Waals surface area contributed by atoms with Crippen molar-refractivity contribution in [2.75, 3.05) is 13.2 Å². The molecule has 3 atom stereocenters. The largest absolute Gasteiger partial charge is 0.387 e. The highest BCUT2D eigenvalue weighted by Crippen LogP contribution is 2.21. The van der Waals surface area contributed by atoms with Gasteiger partial charge in [0.25, 0.3) is 0 Å². The van der Waals surface area contributed by atoms with Crippen LogP contribution in [-0.4, -0.2) is 30.3 Å². The smallest absolute Gasteiger partial charge is 0.225 e. The summed E-state index contributed by atoms with van der Waals surface area (Å²) in [7, 11) is 0. The minimum absolute atomic E-state index is 0.0308. The number of hydrogen-bond acceptors (Lipinski definition) is 3. The molecule has 1 saturated heterocycles. The number of amides is 1. The molecule has 0 saturated carbocycles. The van der Waals surface area contributed by atoms with Gasteiger partial charge in [0.15, 0.2) is 0 Å². The first-order chi connectivity index (χ1) is 9.08. The molecule has 1 heterocycles. The summed E-state index contributed by atoms with van der Waals surface area (Å²) in [4.78, 5) is 12.0. The summed E-state index contributed by atoms with van der Waals surface area (Å²) in [6, 6.07) is 7.68. The van der Waals surface area contributed by atoms with E-state index in [1.807, 2.05) is 38.1 Å². The van der Waals surface area contributed by atoms with E-state index in [0.29, 0.717) is 6.61 Å². The average molecular weight is 263 g/mol. The topological polar surface area (TPSA) is 58.6 Å². The maximum atomic E-state index is 12.0. The van der Waals surface area contributed by atoms with E-state index in [2.05, 4.69) is 5.32 Å². The molecule has 1 fully saturated rings. The zero-order valence-electron chi connectivity index (χ0n) is 11.4. The van der Waals surface area contributed by atoms with E-state index in [1.165, 1.54) is 0 Å². The lowest BCUT2D eigenvalue weighted by Crippen LogP contribution is -2.36. The number of aliphatic hydroxyl groups excluding tert-OH is 1. The molecule has 0 bridgehead atoms. The first-order valence-corrected chi connectivity index (χ1v) is 6.72. The average Bonchev–Trinajstić information content (AvgIpc) is 2.82. The summed E-state index contributed by atoms with van der Waals surface area (Å²) in [5, 5.41) is 12.9. The number of carbonyl (C=O) groups excluding carboxylic acids is 1. The van der Waals surface area contributed by atoms with E-state index in [4.69, 9.17) is 4.74 Å². The van der Waals surface area contributed by atoms with Crippen molar-refractivity contribution < 1.29 is 14.6 Å². The summed E-state index contributed by atoms with van der Waals surface area (Å²) in [6.45, 7) is 4.77. The van der Waals surface area contributed by atoms with Crippen LogP contribution >= 0.6 is 0 Å². The summed E-state index contributed by atoms with van der Waals surface area (Å²) in [6.07, 6.45) is 0.0608. The molecule has 0 spiro atoms. The number of aliphatic hydroxyl groups is 1. The second kappa shape index (κ2) is 6.17. The van der Waals surface area contributed by atoms with Crippen molar-refractivity contribution in [3.8, 4) is 0 Å². The van der Waals surface area contributed by atoms with Crippen molar-refractivity contribution in [2.24, 2.45) is 5.92 Å². The van der Waals surface area contributed by atoms with E-state index in [-0.39, 0.29) is 24.5 Å². The Morgan fingerprint density at radius 3 is 3.00 bits per heavy atom. The zero-order valence-corrected chi connectivity index (χ0v) is 11.4. The predicted octanol–water partition coefficient (Wildman–Crippen LogP) is 1.57. The fraction of sp³-hybridized carbons (Fsp3) is 0.533. The minimum atomic E-state index is -0.665. The van der Waals surface area contributed by atoms with Crippen LogP contribution < -0.4 is 5.32 Å². The van der Waals surface area contributed by atoms with Gasteiger partial charge in [-0.1, -0.05) is 29.8 Å². The van der Waals surface area contributed by atoms with Crippen LogP contribution in [-0.2, 0) is 9.53 Å². The number of carbonyl (C=O) groups is 1. The Kier molecular flexibility index (Phi) is 4.56. The number of hydrogen-bond donors (Lipinski definition) is 2. The van der Waals surface area contributed by atoms with E-state index >= 15 is 0 Å². The van der Waals surface area contributed by atoms with Crippen LogP contribution in [0.1, 0.15) is 30.6 Å². The van der Waals surface area contributed by atoms with E-state index in [0.717, 1.165) is 17.5 Å². The number of aryl methyl sites for hydroxylation is 1. The van der Waals surface area contributed by atoms with Crippen molar-refractivity contribution in [3.05, 3.63) is 35.4 Å². The molecule has 1 aromatic carbocycles. The standard InChI is InChI=1S/C15H21NO3/c1-10-4-3-5-12(8-10)14(17)9-16-15(18)13-6-7-19-11(13)2/h3-5,8,11,13-14,17H,6-7,9H2,1-2H3,(H,16,18). The number of benzene rings is 1. The molecule has 0 radical (unpaired) electrons. The van der Waals surface area contributed by atoms with Gasteiger partial charge in [0, 0.05) is 13.2 Å². The number of ether oxygens (including phenoxy) is 1. The van der Waals surface area contributed by atoms with Gasteiger partial charge in [-0.2, -0.15) is 0 Å². The van der Waals surface area contributed by atoms with Crippen LogP contribution in [0.5, 0.6) is 0 Å². The Hall–Kier alpha value is -1.39. The van der Waals surface area contributed by atoms with Gasteiger partial charge in [-0.25, -0.2) is 0 Å². The molecule has 0 aromatic heterocycles. The molecule has 4 nitrogen and oxygen atoms in total. The van der Waals surface area contributed by atoms with Crippen molar-refractivity contribution >= 4 is 5.91 Å². The van der Waals surface area contributed by atoms with Gasteiger partial charge in [0.1, 0.15) is 0 Å². The van der Waals surface area contributed by atoms with Crippen molar-refractivity contribution in [3.63, 3.8) is 0 Å². The molecule has 2 N–H and O–H groups in total. The first-order valence-electron chi connectivity index (χ1n) is 6.72. The highest BCUT2D eigenvalue weighted by Gasteiger charge is 2.30. The fourth-order valence-electron chi connectivity index (χ4n) is 2.40. The van der Waals surface area contributed by atoms with Gasteiger partial charge >= 0.3 is 0 Å². The summed E-state index contributed by atoms with van der Waals surface area (Å²) < 4.78 is 5.37. The third-order valence-electron chi connectivity index (χ3n) is 3.61. The van der Waals surface area contributed by atoms with Gasteiger partial charge in [-0.3, -0.25) is 4.79 Å². The summed E-state index contributed by atoms with van der Waals surface area (Å²) >= 11 is 0. The maximum absolute atomic E-state index is 12.0. The van der Waals surface area contributed by atoms with Crippen LogP contribution in [0.4, 0.5) is 0 Å². The third-order valence-corrected chi connectivity index (χ3v) is 3.61. The van der Waals surface area contributed by atoms with E-state index < -0.39 is 6.10 Å². The van der Waals surface area contributed by atoms with Crippen molar-refractivity contribution in [2.45, 2.75) is 32.5 Å². The van der Waals surface area contributed by atoms with Crippen LogP contribution in [0.15, 0.2) is 24.3 Å². The highest BCUT2D eigenvalue weighted by atomic mass is 16.5. The molecular formula is C15H21NO3.